The van der Waals surface area contributed by atoms with Crippen LogP contribution in [0.25, 0.3) is 6.08 Å². The molecular weight excluding hydrogens is 181 g/mol. The van der Waals surface area contributed by atoms with Crippen molar-refractivity contribution in [2.75, 3.05) is 13.6 Å². The summed E-state index contributed by atoms with van der Waals surface area (Å²) in [6, 6.07) is 4.58. The van der Waals surface area contributed by atoms with Gasteiger partial charge in [-0.1, -0.05) is 24.3 Å². The van der Waals surface area contributed by atoms with E-state index in [9.17, 15) is 4.39 Å². The van der Waals surface area contributed by atoms with E-state index in [1.807, 2.05) is 13.1 Å². The highest BCUT2D eigenvalue weighted by atomic mass is 19.1. The van der Waals surface area contributed by atoms with E-state index in [1.54, 1.807) is 18.2 Å². The van der Waals surface area contributed by atoms with Gasteiger partial charge in [0.25, 0.3) is 0 Å². The quantitative estimate of drug-likeness (QED) is 0.721. The third-order valence-electron chi connectivity index (χ3n) is 1.87. The molecular formula is C11H14FNO. The van der Waals surface area contributed by atoms with Crippen LogP contribution in [0.15, 0.2) is 24.3 Å². The molecule has 2 nitrogen and oxygen atoms in total. The Morgan fingerprint density at radius 3 is 3.00 bits per heavy atom. The summed E-state index contributed by atoms with van der Waals surface area (Å²) in [5.41, 5.74) is 0.418. The van der Waals surface area contributed by atoms with Crippen LogP contribution in [-0.2, 0) is 0 Å². The standard InChI is InChI=1S/C11H14FNO/c1-13-8-3-2-5-9-6-4-7-10(14)11(9)12/h2,4-7,13-14H,3,8H2,1H3. The first-order chi connectivity index (χ1) is 6.75. The molecule has 0 bridgehead atoms. The molecule has 0 amide bonds. The summed E-state index contributed by atoms with van der Waals surface area (Å²) in [4.78, 5) is 0. The Bertz CT molecular complexity index is 323. The molecule has 0 aliphatic carbocycles. The van der Waals surface area contributed by atoms with Gasteiger partial charge in [0.05, 0.1) is 0 Å². The SMILES string of the molecule is CNCCC=Cc1cccc(O)c1F. The Labute approximate surface area is 83.1 Å². The largest absolute Gasteiger partial charge is 0.505 e. The molecule has 3 heteroatoms. The Balaban J connectivity index is 2.67. The van der Waals surface area contributed by atoms with Gasteiger partial charge in [-0.05, 0) is 26.1 Å². The molecule has 1 aromatic rings. The predicted molar refractivity (Wildman–Crippen MR) is 55.6 cm³/mol. The lowest BCUT2D eigenvalue weighted by Crippen LogP contribution is -2.05. The summed E-state index contributed by atoms with van der Waals surface area (Å²) in [5, 5.41) is 12.1. The average Bonchev–Trinajstić information content (AvgIpc) is 2.19. The maximum absolute atomic E-state index is 13.2. The Morgan fingerprint density at radius 2 is 2.29 bits per heavy atom. The lowest BCUT2D eigenvalue weighted by molar-refractivity contribution is 0.432. The van der Waals surface area contributed by atoms with E-state index in [0.29, 0.717) is 5.56 Å². The highest BCUT2D eigenvalue weighted by Crippen LogP contribution is 2.19. The van der Waals surface area contributed by atoms with Gasteiger partial charge in [-0.3, -0.25) is 0 Å². The monoisotopic (exact) mass is 195 g/mol. The number of halogens is 1. The summed E-state index contributed by atoms with van der Waals surface area (Å²) in [6.07, 6.45) is 4.38. The minimum absolute atomic E-state index is 0.305. The van der Waals surface area contributed by atoms with Gasteiger partial charge in [0.1, 0.15) is 0 Å². The van der Waals surface area contributed by atoms with Gasteiger partial charge in [0.15, 0.2) is 11.6 Å². The number of hydrogen-bond donors (Lipinski definition) is 2. The number of phenols is 1. The molecule has 0 fully saturated rings. The summed E-state index contributed by atoms with van der Waals surface area (Å²) in [6.45, 7) is 0.858. The molecule has 1 aromatic carbocycles. The second-order valence-corrected chi connectivity index (χ2v) is 2.97. The molecule has 0 spiro atoms. The molecule has 0 saturated carbocycles. The van der Waals surface area contributed by atoms with Crippen molar-refractivity contribution in [1.82, 2.24) is 5.32 Å². The van der Waals surface area contributed by atoms with Gasteiger partial charge in [-0.25, -0.2) is 4.39 Å². The van der Waals surface area contributed by atoms with E-state index in [4.69, 9.17) is 5.11 Å². The minimum Gasteiger partial charge on any atom is -0.505 e. The first kappa shape index (κ1) is 10.7. The van der Waals surface area contributed by atoms with Gasteiger partial charge in [-0.15, -0.1) is 0 Å². The van der Waals surface area contributed by atoms with Crippen LogP contribution in [0.5, 0.6) is 5.75 Å². The van der Waals surface area contributed by atoms with E-state index in [1.165, 1.54) is 6.07 Å². The Kier molecular flexibility index (Phi) is 4.13. The van der Waals surface area contributed by atoms with Crippen molar-refractivity contribution in [3.8, 4) is 5.75 Å². The maximum atomic E-state index is 13.2. The van der Waals surface area contributed by atoms with E-state index in [-0.39, 0.29) is 5.75 Å². The highest BCUT2D eigenvalue weighted by Gasteiger charge is 2.02. The smallest absolute Gasteiger partial charge is 0.171 e. The van der Waals surface area contributed by atoms with Crippen molar-refractivity contribution >= 4 is 6.08 Å². The summed E-state index contributed by atoms with van der Waals surface area (Å²) in [7, 11) is 1.86. The summed E-state index contributed by atoms with van der Waals surface area (Å²) >= 11 is 0. The average molecular weight is 195 g/mol. The van der Waals surface area contributed by atoms with Gasteiger partial charge in [0.2, 0.25) is 0 Å². The summed E-state index contributed by atoms with van der Waals surface area (Å²) in [5.74, 6) is -0.867. The molecule has 0 heterocycles. The van der Waals surface area contributed by atoms with Crippen molar-refractivity contribution in [1.29, 1.82) is 0 Å². The van der Waals surface area contributed by atoms with Gasteiger partial charge in [-0.2, -0.15) is 0 Å². The first-order valence-electron chi connectivity index (χ1n) is 4.54. The second kappa shape index (κ2) is 5.40. The lowest BCUT2D eigenvalue weighted by Gasteiger charge is -1.98. The van der Waals surface area contributed by atoms with Crippen molar-refractivity contribution in [2.24, 2.45) is 0 Å². The van der Waals surface area contributed by atoms with E-state index < -0.39 is 5.82 Å². The number of phenolic OH excluding ortho intramolecular Hbond substituents is 1. The third kappa shape index (κ3) is 2.85. The van der Waals surface area contributed by atoms with Crippen molar-refractivity contribution in [3.05, 3.63) is 35.7 Å². The van der Waals surface area contributed by atoms with Gasteiger partial charge in [0, 0.05) is 5.56 Å². The lowest BCUT2D eigenvalue weighted by atomic mass is 10.1. The van der Waals surface area contributed by atoms with Crippen LogP contribution < -0.4 is 5.32 Å². The van der Waals surface area contributed by atoms with Crippen molar-refractivity contribution in [3.63, 3.8) is 0 Å². The molecule has 1 rings (SSSR count). The predicted octanol–water partition coefficient (Wildman–Crippen LogP) is 2.15. The number of nitrogens with one attached hydrogen (secondary N) is 1. The van der Waals surface area contributed by atoms with Gasteiger partial charge >= 0.3 is 0 Å². The van der Waals surface area contributed by atoms with Crippen molar-refractivity contribution < 1.29 is 9.50 Å². The molecule has 0 aromatic heterocycles. The van der Waals surface area contributed by atoms with Crippen LogP contribution in [0, 0.1) is 5.82 Å². The molecule has 0 radical (unpaired) electrons. The maximum Gasteiger partial charge on any atom is 0.171 e. The van der Waals surface area contributed by atoms with Crippen molar-refractivity contribution in [2.45, 2.75) is 6.42 Å². The number of aromatic hydroxyl groups is 1. The summed E-state index contributed by atoms with van der Waals surface area (Å²) < 4.78 is 13.2. The minimum atomic E-state index is -0.562. The molecule has 0 aliphatic heterocycles. The molecule has 0 saturated heterocycles. The second-order valence-electron chi connectivity index (χ2n) is 2.97. The van der Waals surface area contributed by atoms with Crippen LogP contribution in [0.4, 0.5) is 4.39 Å². The van der Waals surface area contributed by atoms with E-state index in [2.05, 4.69) is 5.32 Å². The normalized spacial score (nSPS) is 11.0. The molecule has 0 atom stereocenters. The molecule has 76 valence electrons. The highest BCUT2D eigenvalue weighted by molar-refractivity contribution is 5.52. The van der Waals surface area contributed by atoms with Crippen LogP contribution >= 0.6 is 0 Å². The molecule has 0 aliphatic rings. The number of benzene rings is 1. The number of rotatable bonds is 4. The van der Waals surface area contributed by atoms with Crippen LogP contribution in [0.1, 0.15) is 12.0 Å². The molecule has 14 heavy (non-hydrogen) atoms. The van der Waals surface area contributed by atoms with Crippen LogP contribution in [-0.4, -0.2) is 18.7 Å². The fourth-order valence-electron chi connectivity index (χ4n) is 1.10. The van der Waals surface area contributed by atoms with E-state index in [0.717, 1.165) is 13.0 Å². The zero-order valence-corrected chi connectivity index (χ0v) is 8.13. The molecule has 2 N–H and O–H groups in total. The van der Waals surface area contributed by atoms with Crippen LogP contribution in [0.3, 0.4) is 0 Å². The van der Waals surface area contributed by atoms with Gasteiger partial charge < -0.3 is 10.4 Å². The topological polar surface area (TPSA) is 32.3 Å². The van der Waals surface area contributed by atoms with Crippen LogP contribution in [0.2, 0.25) is 0 Å². The zero-order valence-electron chi connectivity index (χ0n) is 8.13. The zero-order chi connectivity index (χ0) is 10.4. The molecule has 0 unspecified atom stereocenters. The fraction of sp³-hybridized carbons (Fsp3) is 0.273. The number of hydrogen-bond acceptors (Lipinski definition) is 2. The fourth-order valence-corrected chi connectivity index (χ4v) is 1.10. The first-order valence-corrected chi connectivity index (χ1v) is 4.54. The van der Waals surface area contributed by atoms with E-state index >= 15 is 0 Å². The Morgan fingerprint density at radius 1 is 1.50 bits per heavy atom. The third-order valence-corrected chi connectivity index (χ3v) is 1.87. The Hall–Kier alpha value is -1.35.